The van der Waals surface area contributed by atoms with Gasteiger partial charge in [-0.15, -0.1) is 0 Å². The quantitative estimate of drug-likeness (QED) is 0.0211. The maximum absolute atomic E-state index is 12.9. The summed E-state index contributed by atoms with van der Waals surface area (Å²) in [5.41, 5.74) is 0. The Bertz CT molecular complexity index is 1450. The highest BCUT2D eigenvalue weighted by Crippen LogP contribution is 2.43. The lowest BCUT2D eigenvalue weighted by Gasteiger charge is -2.24. The summed E-state index contributed by atoms with van der Waals surface area (Å²) in [4.78, 5) is 35.9. The molecule has 0 radical (unpaired) electrons. The predicted molar refractivity (Wildman–Crippen MR) is 372 cm³/mol. The number of hydrogen-bond donors (Lipinski definition) is 1. The van der Waals surface area contributed by atoms with Crippen LogP contribution in [0.1, 0.15) is 412 Å². The summed E-state index contributed by atoms with van der Waals surface area (Å²) < 4.78 is 34.8. The molecule has 0 saturated heterocycles. The van der Waals surface area contributed by atoms with Crippen LogP contribution in [0, 0.1) is 0 Å². The average molecular weight is 1240 g/mol. The highest BCUT2D eigenvalue weighted by molar-refractivity contribution is 7.47. The van der Waals surface area contributed by atoms with E-state index in [0.717, 1.165) is 38.5 Å². The van der Waals surface area contributed by atoms with Crippen LogP contribution in [0.4, 0.5) is 0 Å². The van der Waals surface area contributed by atoms with Crippen molar-refractivity contribution < 1.29 is 42.1 Å². The molecule has 0 rings (SSSR count). The fourth-order valence-corrected chi connectivity index (χ4v) is 12.6. The summed E-state index contributed by atoms with van der Waals surface area (Å²) in [6.45, 7) is 4.53. The number of carbonyl (C=O) groups is 2. The fraction of sp³-hybridized carbons (Fsp3) is 0.947. The van der Waals surface area contributed by atoms with Gasteiger partial charge in [0.25, 0.3) is 0 Å². The van der Waals surface area contributed by atoms with E-state index in [4.69, 9.17) is 18.5 Å². The Balaban J connectivity index is 3.92. The molecular weight excluding hydrogens is 1090 g/mol. The lowest BCUT2D eigenvalue weighted by molar-refractivity contribution is -0.870. The van der Waals surface area contributed by atoms with Crippen molar-refractivity contribution in [2.75, 3.05) is 47.5 Å². The molecule has 0 aliphatic carbocycles. The van der Waals surface area contributed by atoms with Crippen molar-refractivity contribution in [1.82, 2.24) is 0 Å². The van der Waals surface area contributed by atoms with Crippen LogP contribution >= 0.6 is 7.82 Å². The standard InChI is InChI=1S/C76H150NO8P/c1-6-8-10-12-14-16-18-20-22-24-26-28-30-32-34-36-37-38-39-41-43-45-47-49-51-53-55-57-59-61-63-65-67-69-76(79)85-74(73-84-86(80,81)83-71-70-77(3,4)5)72-82-75(78)68-66-64-62-60-58-56-54-52-50-48-46-44-42-40-35-33-31-29-27-25-23-21-19-17-15-13-11-9-7-2/h24,26,74H,6-23,25,27-73H2,1-5H3/p+1/b26-24-. The van der Waals surface area contributed by atoms with Gasteiger partial charge in [-0.2, -0.15) is 0 Å². The Kier molecular flexibility index (Phi) is 67.1. The lowest BCUT2D eigenvalue weighted by atomic mass is 10.0. The SMILES string of the molecule is CCCCCCCCCC/C=C\CCCCCCCCCCCCCCCCCCCCCCCC(=O)OC(COC(=O)CCCCCCCCCCCCCCCCCCCCCCCCCCCCCCC)COP(=O)(O)OCC[N+](C)(C)C. The van der Waals surface area contributed by atoms with Crippen molar-refractivity contribution in [2.24, 2.45) is 0 Å². The van der Waals surface area contributed by atoms with E-state index in [0.29, 0.717) is 17.4 Å². The summed E-state index contributed by atoms with van der Waals surface area (Å²) in [6, 6.07) is 0. The zero-order valence-electron chi connectivity index (χ0n) is 58.6. The topological polar surface area (TPSA) is 108 Å². The molecule has 0 heterocycles. The number of allylic oxidation sites excluding steroid dienone is 2. The number of esters is 2. The molecule has 9 nitrogen and oxygen atoms in total. The minimum atomic E-state index is -4.39. The van der Waals surface area contributed by atoms with E-state index in [1.54, 1.807) is 0 Å². The van der Waals surface area contributed by atoms with Gasteiger partial charge in [-0.1, -0.05) is 373 Å². The van der Waals surface area contributed by atoms with Crippen LogP contribution in [-0.2, 0) is 32.7 Å². The first kappa shape index (κ1) is 84.8. The molecule has 0 spiro atoms. The Morgan fingerprint density at radius 1 is 0.349 bits per heavy atom. The van der Waals surface area contributed by atoms with Gasteiger partial charge in [-0.05, 0) is 38.5 Å². The number of likely N-dealkylation sites (N-methyl/N-ethyl adjacent to an activating group) is 1. The number of rotatable bonds is 73. The summed E-state index contributed by atoms with van der Waals surface area (Å²) >= 11 is 0. The highest BCUT2D eigenvalue weighted by Gasteiger charge is 2.27. The van der Waals surface area contributed by atoms with Crippen LogP contribution in [0.3, 0.4) is 0 Å². The van der Waals surface area contributed by atoms with E-state index in [9.17, 15) is 19.0 Å². The Hall–Kier alpha value is -1.25. The van der Waals surface area contributed by atoms with Crippen molar-refractivity contribution in [3.05, 3.63) is 12.2 Å². The Morgan fingerprint density at radius 3 is 0.860 bits per heavy atom. The van der Waals surface area contributed by atoms with Crippen LogP contribution in [0.5, 0.6) is 0 Å². The molecule has 512 valence electrons. The first-order valence-corrected chi connectivity index (χ1v) is 39.9. The van der Waals surface area contributed by atoms with E-state index in [2.05, 4.69) is 26.0 Å². The molecule has 2 atom stereocenters. The molecule has 0 bridgehead atoms. The average Bonchev–Trinajstić information content (AvgIpc) is 3.70. The number of phosphoric acid groups is 1. The van der Waals surface area contributed by atoms with Gasteiger partial charge in [0.15, 0.2) is 6.10 Å². The van der Waals surface area contributed by atoms with Crippen LogP contribution in [0.25, 0.3) is 0 Å². The second-order valence-electron chi connectivity index (χ2n) is 27.8. The van der Waals surface area contributed by atoms with Gasteiger partial charge in [0.1, 0.15) is 19.8 Å². The van der Waals surface area contributed by atoms with E-state index in [1.807, 2.05) is 21.1 Å². The van der Waals surface area contributed by atoms with Crippen molar-refractivity contribution >= 4 is 19.8 Å². The van der Waals surface area contributed by atoms with E-state index in [-0.39, 0.29) is 25.6 Å². The first-order valence-electron chi connectivity index (χ1n) is 38.4. The molecular formula is C76H151NO8P+. The molecule has 0 aromatic carbocycles. The second kappa shape index (κ2) is 68.1. The van der Waals surface area contributed by atoms with Crippen molar-refractivity contribution in [3.8, 4) is 0 Å². The number of phosphoric ester groups is 1. The molecule has 0 saturated carbocycles. The summed E-state index contributed by atoms with van der Waals surface area (Å²) in [6.07, 6.45) is 85.0. The van der Waals surface area contributed by atoms with Gasteiger partial charge in [-0.3, -0.25) is 18.6 Å². The molecule has 0 aromatic heterocycles. The van der Waals surface area contributed by atoms with E-state index < -0.39 is 26.5 Å². The van der Waals surface area contributed by atoms with Crippen LogP contribution in [-0.4, -0.2) is 74.9 Å². The third kappa shape index (κ3) is 71.8. The van der Waals surface area contributed by atoms with Gasteiger partial charge in [0.05, 0.1) is 27.7 Å². The molecule has 1 N–H and O–H groups in total. The lowest BCUT2D eigenvalue weighted by Crippen LogP contribution is -2.37. The molecule has 0 fully saturated rings. The highest BCUT2D eigenvalue weighted by atomic mass is 31.2. The normalized spacial score (nSPS) is 13.0. The van der Waals surface area contributed by atoms with Gasteiger partial charge in [-0.25, -0.2) is 4.57 Å². The maximum Gasteiger partial charge on any atom is 0.472 e. The Labute approximate surface area is 537 Å². The third-order valence-electron chi connectivity index (χ3n) is 17.8. The zero-order valence-corrected chi connectivity index (χ0v) is 59.5. The zero-order chi connectivity index (χ0) is 62.6. The van der Waals surface area contributed by atoms with E-state index >= 15 is 0 Å². The number of carbonyl (C=O) groups excluding carboxylic acids is 2. The molecule has 0 aromatic rings. The predicted octanol–water partition coefficient (Wildman–Crippen LogP) is 25.1. The monoisotopic (exact) mass is 1240 g/mol. The molecule has 86 heavy (non-hydrogen) atoms. The number of unbranched alkanes of at least 4 members (excludes halogenated alkanes) is 57. The van der Waals surface area contributed by atoms with Crippen molar-refractivity contribution in [3.63, 3.8) is 0 Å². The van der Waals surface area contributed by atoms with Crippen LogP contribution in [0.15, 0.2) is 12.2 Å². The number of nitrogens with zero attached hydrogens (tertiary/aromatic N) is 1. The second-order valence-corrected chi connectivity index (χ2v) is 29.2. The van der Waals surface area contributed by atoms with Gasteiger partial charge < -0.3 is 18.9 Å². The largest absolute Gasteiger partial charge is 0.472 e. The van der Waals surface area contributed by atoms with Crippen molar-refractivity contribution in [2.45, 2.75) is 418 Å². The summed E-state index contributed by atoms with van der Waals surface area (Å²) in [5.74, 6) is -0.768. The van der Waals surface area contributed by atoms with Crippen molar-refractivity contribution in [1.29, 1.82) is 0 Å². The third-order valence-corrected chi connectivity index (χ3v) is 18.8. The molecule has 0 aliphatic rings. The van der Waals surface area contributed by atoms with E-state index in [1.165, 1.54) is 347 Å². The smallest absolute Gasteiger partial charge is 0.462 e. The minimum Gasteiger partial charge on any atom is -0.462 e. The summed E-state index contributed by atoms with van der Waals surface area (Å²) in [5, 5.41) is 0. The summed E-state index contributed by atoms with van der Waals surface area (Å²) in [7, 11) is 1.51. The first-order chi connectivity index (χ1) is 42.0. The number of ether oxygens (including phenoxy) is 2. The van der Waals surface area contributed by atoms with Gasteiger partial charge in [0, 0.05) is 12.8 Å². The minimum absolute atomic E-state index is 0.0369. The fourth-order valence-electron chi connectivity index (χ4n) is 11.9. The van der Waals surface area contributed by atoms with Gasteiger partial charge >= 0.3 is 19.8 Å². The van der Waals surface area contributed by atoms with Crippen LogP contribution < -0.4 is 0 Å². The maximum atomic E-state index is 12.9. The van der Waals surface area contributed by atoms with Crippen LogP contribution in [0.2, 0.25) is 0 Å². The van der Waals surface area contributed by atoms with Gasteiger partial charge in [0.2, 0.25) is 0 Å². The number of hydrogen-bond acceptors (Lipinski definition) is 7. The molecule has 10 heteroatoms. The molecule has 2 unspecified atom stereocenters. The Morgan fingerprint density at radius 2 is 0.593 bits per heavy atom. The molecule has 0 amide bonds. The number of quaternary nitrogens is 1. The molecule has 0 aliphatic heterocycles.